The van der Waals surface area contributed by atoms with Crippen LogP contribution in [0.15, 0.2) is 42.5 Å². The van der Waals surface area contributed by atoms with Crippen LogP contribution in [0, 0.1) is 15.9 Å². The molecule has 0 fully saturated rings. The van der Waals surface area contributed by atoms with Gasteiger partial charge < -0.3 is 10.6 Å². The van der Waals surface area contributed by atoms with E-state index < -0.39 is 22.3 Å². The largest absolute Gasteiger partial charge is 0.388 e. The first-order chi connectivity index (χ1) is 10.0. The van der Waals surface area contributed by atoms with Gasteiger partial charge in [0.1, 0.15) is 0 Å². The van der Waals surface area contributed by atoms with Gasteiger partial charge in [0, 0.05) is 36.1 Å². The van der Waals surface area contributed by atoms with Crippen LogP contribution >= 0.6 is 0 Å². The number of hydrogen-bond acceptors (Lipinski definition) is 4. The molecule has 108 valence electrons. The Morgan fingerprint density at radius 1 is 1.14 bits per heavy atom. The summed E-state index contributed by atoms with van der Waals surface area (Å²) in [7, 11) is 1.76. The van der Waals surface area contributed by atoms with E-state index in [1.54, 1.807) is 31.3 Å². The number of rotatable bonds is 4. The maximum absolute atomic E-state index is 13.5. The zero-order valence-corrected chi connectivity index (χ0v) is 11.1. The second-order valence-electron chi connectivity index (χ2n) is 4.20. The number of benzene rings is 2. The summed E-state index contributed by atoms with van der Waals surface area (Å²) in [5.41, 5.74) is 0.771. The predicted octanol–water partition coefficient (Wildman–Crippen LogP) is 3.03. The average molecular weight is 289 g/mol. The Bertz CT molecular complexity index is 686. The lowest BCUT2D eigenvalue weighted by atomic mass is 10.2. The van der Waals surface area contributed by atoms with Crippen molar-refractivity contribution in [3.05, 3.63) is 64.0 Å². The monoisotopic (exact) mass is 289 g/mol. The van der Waals surface area contributed by atoms with Gasteiger partial charge in [-0.2, -0.15) is 4.39 Å². The first kappa shape index (κ1) is 14.4. The number of carbonyl (C=O) groups is 1. The SMILES string of the molecule is CNc1ccc(C(=O)Nc2ccc([N+](=O)[O-])c(F)c2)cc1. The lowest BCUT2D eigenvalue weighted by molar-refractivity contribution is -0.387. The van der Waals surface area contributed by atoms with Crippen molar-refractivity contribution in [3.8, 4) is 0 Å². The van der Waals surface area contributed by atoms with Crippen LogP contribution in [0.25, 0.3) is 0 Å². The molecule has 2 aromatic rings. The van der Waals surface area contributed by atoms with Gasteiger partial charge in [0.25, 0.3) is 5.91 Å². The van der Waals surface area contributed by atoms with Crippen LogP contribution in [0.3, 0.4) is 0 Å². The Morgan fingerprint density at radius 2 is 1.76 bits per heavy atom. The normalized spacial score (nSPS) is 10.0. The predicted molar refractivity (Wildman–Crippen MR) is 77.0 cm³/mol. The van der Waals surface area contributed by atoms with E-state index in [-0.39, 0.29) is 5.69 Å². The number of nitrogens with one attached hydrogen (secondary N) is 2. The molecule has 0 aromatic heterocycles. The molecule has 2 aromatic carbocycles. The third kappa shape index (κ3) is 3.33. The summed E-state index contributed by atoms with van der Waals surface area (Å²) in [4.78, 5) is 21.6. The van der Waals surface area contributed by atoms with Crippen molar-refractivity contribution in [2.75, 3.05) is 17.7 Å². The Labute approximate surface area is 119 Å². The summed E-state index contributed by atoms with van der Waals surface area (Å²) in [5.74, 6) is -1.42. The molecule has 0 radical (unpaired) electrons. The van der Waals surface area contributed by atoms with Crippen molar-refractivity contribution in [2.24, 2.45) is 0 Å². The number of halogens is 1. The molecule has 6 nitrogen and oxygen atoms in total. The van der Waals surface area contributed by atoms with Crippen LogP contribution in [0.1, 0.15) is 10.4 Å². The summed E-state index contributed by atoms with van der Waals surface area (Å²) < 4.78 is 13.5. The molecule has 0 atom stereocenters. The maximum atomic E-state index is 13.5. The molecular weight excluding hydrogens is 277 g/mol. The van der Waals surface area contributed by atoms with Gasteiger partial charge >= 0.3 is 5.69 Å². The Kier molecular flexibility index (Phi) is 4.13. The zero-order valence-electron chi connectivity index (χ0n) is 11.1. The molecule has 2 rings (SSSR count). The van der Waals surface area contributed by atoms with Crippen LogP contribution in [-0.4, -0.2) is 17.9 Å². The van der Waals surface area contributed by atoms with Crippen molar-refractivity contribution in [3.63, 3.8) is 0 Å². The number of nitro groups is 1. The van der Waals surface area contributed by atoms with Gasteiger partial charge in [-0.1, -0.05) is 0 Å². The second kappa shape index (κ2) is 6.00. The van der Waals surface area contributed by atoms with Gasteiger partial charge in [-0.05, 0) is 30.3 Å². The number of nitrogens with zero attached hydrogens (tertiary/aromatic N) is 1. The van der Waals surface area contributed by atoms with Gasteiger partial charge in [0.2, 0.25) is 5.82 Å². The molecule has 0 saturated carbocycles. The topological polar surface area (TPSA) is 84.3 Å². The van der Waals surface area contributed by atoms with Crippen molar-refractivity contribution in [1.29, 1.82) is 0 Å². The van der Waals surface area contributed by atoms with Crippen LogP contribution in [0.4, 0.5) is 21.5 Å². The van der Waals surface area contributed by atoms with E-state index in [9.17, 15) is 19.3 Å². The van der Waals surface area contributed by atoms with Gasteiger partial charge in [0.15, 0.2) is 0 Å². The molecule has 0 heterocycles. The lowest BCUT2D eigenvalue weighted by Gasteiger charge is -2.06. The van der Waals surface area contributed by atoms with Crippen molar-refractivity contribution in [1.82, 2.24) is 0 Å². The van der Waals surface area contributed by atoms with Crippen molar-refractivity contribution < 1.29 is 14.1 Å². The third-order valence-corrected chi connectivity index (χ3v) is 2.84. The van der Waals surface area contributed by atoms with Gasteiger partial charge in [-0.3, -0.25) is 14.9 Å². The molecule has 0 bridgehead atoms. The highest BCUT2D eigenvalue weighted by molar-refractivity contribution is 6.04. The Morgan fingerprint density at radius 3 is 2.29 bits per heavy atom. The Hall–Kier alpha value is -2.96. The lowest BCUT2D eigenvalue weighted by Crippen LogP contribution is -2.12. The summed E-state index contributed by atoms with van der Waals surface area (Å²) in [5, 5.41) is 15.9. The van der Waals surface area contributed by atoms with E-state index in [0.717, 1.165) is 17.8 Å². The summed E-state index contributed by atoms with van der Waals surface area (Å²) >= 11 is 0. The molecule has 2 N–H and O–H groups in total. The second-order valence-corrected chi connectivity index (χ2v) is 4.20. The summed E-state index contributed by atoms with van der Waals surface area (Å²) in [6, 6.07) is 9.89. The minimum Gasteiger partial charge on any atom is -0.388 e. The molecule has 0 spiro atoms. The molecule has 0 aliphatic carbocycles. The Balaban J connectivity index is 2.15. The van der Waals surface area contributed by atoms with Crippen molar-refractivity contribution >= 4 is 23.0 Å². The molecular formula is C14H12FN3O3. The van der Waals surface area contributed by atoms with Crippen molar-refractivity contribution in [2.45, 2.75) is 0 Å². The van der Waals surface area contributed by atoms with Gasteiger partial charge in [-0.25, -0.2) is 0 Å². The first-order valence-electron chi connectivity index (χ1n) is 6.04. The molecule has 0 unspecified atom stereocenters. The van der Waals surface area contributed by atoms with E-state index >= 15 is 0 Å². The fourth-order valence-electron chi connectivity index (χ4n) is 1.72. The molecule has 0 saturated heterocycles. The van der Waals surface area contributed by atoms with Gasteiger partial charge in [-0.15, -0.1) is 0 Å². The van der Waals surface area contributed by atoms with Gasteiger partial charge in [0.05, 0.1) is 4.92 Å². The van der Waals surface area contributed by atoms with E-state index in [1.165, 1.54) is 6.07 Å². The van der Waals surface area contributed by atoms with E-state index in [4.69, 9.17) is 0 Å². The minimum absolute atomic E-state index is 0.154. The number of nitro benzene ring substituents is 1. The van der Waals surface area contributed by atoms with E-state index in [0.29, 0.717) is 5.56 Å². The molecule has 7 heteroatoms. The first-order valence-corrected chi connectivity index (χ1v) is 6.04. The highest BCUT2D eigenvalue weighted by Gasteiger charge is 2.15. The number of hydrogen-bond donors (Lipinski definition) is 2. The maximum Gasteiger partial charge on any atom is 0.304 e. The summed E-state index contributed by atoms with van der Waals surface area (Å²) in [6.45, 7) is 0. The minimum atomic E-state index is -0.997. The van der Waals surface area contributed by atoms with E-state index in [1.807, 2.05) is 0 Å². The zero-order chi connectivity index (χ0) is 15.4. The van der Waals surface area contributed by atoms with Crippen LogP contribution in [0.2, 0.25) is 0 Å². The highest BCUT2D eigenvalue weighted by Crippen LogP contribution is 2.21. The molecule has 0 aliphatic heterocycles. The average Bonchev–Trinajstić information content (AvgIpc) is 2.47. The molecule has 0 aliphatic rings. The molecule has 21 heavy (non-hydrogen) atoms. The number of amides is 1. The van der Waals surface area contributed by atoms with E-state index in [2.05, 4.69) is 10.6 Å². The summed E-state index contributed by atoms with van der Waals surface area (Å²) in [6.07, 6.45) is 0. The third-order valence-electron chi connectivity index (χ3n) is 2.84. The quantitative estimate of drug-likeness (QED) is 0.669. The van der Waals surface area contributed by atoms with Crippen LogP contribution in [-0.2, 0) is 0 Å². The standard InChI is InChI=1S/C14H12FN3O3/c1-16-10-4-2-9(3-5-10)14(19)17-11-6-7-13(18(20)21)12(15)8-11/h2-8,16H,1H3,(H,17,19). The fraction of sp³-hybridized carbons (Fsp3) is 0.0714. The highest BCUT2D eigenvalue weighted by atomic mass is 19.1. The smallest absolute Gasteiger partial charge is 0.304 e. The number of carbonyl (C=O) groups excluding carboxylic acids is 1. The van der Waals surface area contributed by atoms with Crippen LogP contribution in [0.5, 0.6) is 0 Å². The fourth-order valence-corrected chi connectivity index (χ4v) is 1.72. The molecule has 1 amide bonds. The number of anilines is 2. The van der Waals surface area contributed by atoms with Crippen LogP contribution < -0.4 is 10.6 Å².